The van der Waals surface area contributed by atoms with Gasteiger partial charge >= 0.3 is 0 Å². The normalized spacial score (nSPS) is 17.1. The third kappa shape index (κ3) is 3.15. The summed E-state index contributed by atoms with van der Waals surface area (Å²) < 4.78 is 6.69. The summed E-state index contributed by atoms with van der Waals surface area (Å²) in [6.07, 6.45) is 3.26. The minimum atomic E-state index is -0.155. The number of likely N-dealkylation sites (tertiary alicyclic amines) is 1. The quantitative estimate of drug-likeness (QED) is 0.722. The van der Waals surface area contributed by atoms with Gasteiger partial charge in [0.15, 0.2) is 5.76 Å². The number of rotatable bonds is 4. The van der Waals surface area contributed by atoms with E-state index in [9.17, 15) is 9.59 Å². The Balaban J connectivity index is 1.58. The molecule has 0 saturated carbocycles. The Morgan fingerprint density at radius 2 is 2.20 bits per heavy atom. The first-order chi connectivity index (χ1) is 12.2. The average Bonchev–Trinajstić information content (AvgIpc) is 3.38. The maximum atomic E-state index is 12.6. The molecule has 3 aromatic rings. The number of carbonyl (C=O) groups excluding carboxylic acids is 1. The Morgan fingerprint density at radius 1 is 1.28 bits per heavy atom. The summed E-state index contributed by atoms with van der Waals surface area (Å²) in [7, 11) is 0. The van der Waals surface area contributed by atoms with Gasteiger partial charge in [0, 0.05) is 12.6 Å². The zero-order valence-electron chi connectivity index (χ0n) is 13.5. The van der Waals surface area contributed by atoms with Gasteiger partial charge in [-0.25, -0.2) is 4.68 Å². The van der Waals surface area contributed by atoms with Crippen LogP contribution in [0.15, 0.2) is 57.3 Å². The number of aromatic nitrogens is 2. The largest absolute Gasteiger partial charge is 0.459 e. The van der Waals surface area contributed by atoms with Gasteiger partial charge < -0.3 is 9.32 Å². The van der Waals surface area contributed by atoms with Crippen molar-refractivity contribution >= 4 is 17.2 Å². The highest BCUT2D eigenvalue weighted by atomic mass is 32.1. The van der Waals surface area contributed by atoms with Crippen molar-refractivity contribution < 1.29 is 9.21 Å². The standard InChI is InChI=1S/C18H17N3O3S/c22-17-8-7-14(16-6-3-11-25-16)19-21(17)12-13-4-1-9-20(13)18(23)15-5-2-10-24-15/h2-3,5-8,10-11,13H,1,4,9,12H2/t13-/m1/s1. The van der Waals surface area contributed by atoms with E-state index in [4.69, 9.17) is 4.42 Å². The second-order valence-corrected chi connectivity index (χ2v) is 6.94. The summed E-state index contributed by atoms with van der Waals surface area (Å²) >= 11 is 1.58. The van der Waals surface area contributed by atoms with Crippen LogP contribution in [0.2, 0.25) is 0 Å². The van der Waals surface area contributed by atoms with Gasteiger partial charge in [-0.15, -0.1) is 11.3 Å². The first-order valence-corrected chi connectivity index (χ1v) is 9.07. The van der Waals surface area contributed by atoms with Crippen LogP contribution in [0.4, 0.5) is 0 Å². The van der Waals surface area contributed by atoms with Crippen molar-refractivity contribution in [1.82, 2.24) is 14.7 Å². The van der Waals surface area contributed by atoms with Crippen LogP contribution in [0.5, 0.6) is 0 Å². The molecule has 1 atom stereocenters. The van der Waals surface area contributed by atoms with Crippen molar-refractivity contribution in [2.24, 2.45) is 0 Å². The Kier molecular flexibility index (Phi) is 4.23. The molecule has 0 aromatic carbocycles. The van der Waals surface area contributed by atoms with Crippen LogP contribution in [0.1, 0.15) is 23.4 Å². The molecule has 0 unspecified atom stereocenters. The van der Waals surface area contributed by atoms with Gasteiger partial charge in [0.05, 0.1) is 23.7 Å². The molecule has 0 bridgehead atoms. The molecular formula is C18H17N3O3S. The van der Waals surface area contributed by atoms with E-state index in [2.05, 4.69) is 5.10 Å². The summed E-state index contributed by atoms with van der Waals surface area (Å²) in [5.74, 6) is 0.203. The third-order valence-electron chi connectivity index (χ3n) is 4.39. The summed E-state index contributed by atoms with van der Waals surface area (Å²) in [6, 6.07) is 10.5. The topological polar surface area (TPSA) is 68.3 Å². The maximum Gasteiger partial charge on any atom is 0.289 e. The Morgan fingerprint density at radius 3 is 2.96 bits per heavy atom. The van der Waals surface area contributed by atoms with Gasteiger partial charge in [-0.1, -0.05) is 6.07 Å². The molecule has 1 amide bonds. The number of thiophene rings is 1. The predicted octanol–water partition coefficient (Wildman–Crippen LogP) is 2.87. The van der Waals surface area contributed by atoms with E-state index in [1.54, 1.807) is 34.4 Å². The van der Waals surface area contributed by atoms with Gasteiger partial charge in [-0.05, 0) is 42.5 Å². The Hall–Kier alpha value is -2.67. The molecule has 7 heteroatoms. The minimum Gasteiger partial charge on any atom is -0.459 e. The van der Waals surface area contributed by atoms with Crippen LogP contribution in [-0.2, 0) is 6.54 Å². The van der Waals surface area contributed by atoms with Crippen LogP contribution in [0.25, 0.3) is 10.6 Å². The molecule has 0 N–H and O–H groups in total. The number of carbonyl (C=O) groups is 1. The van der Waals surface area contributed by atoms with Crippen molar-refractivity contribution in [2.75, 3.05) is 6.54 Å². The van der Waals surface area contributed by atoms with Crippen molar-refractivity contribution in [3.8, 4) is 10.6 Å². The minimum absolute atomic E-state index is 0.0543. The second kappa shape index (κ2) is 6.68. The lowest BCUT2D eigenvalue weighted by molar-refractivity contribution is 0.0688. The fourth-order valence-electron chi connectivity index (χ4n) is 3.17. The molecule has 4 rings (SSSR count). The average molecular weight is 355 g/mol. The molecule has 25 heavy (non-hydrogen) atoms. The van der Waals surface area contributed by atoms with Crippen LogP contribution in [-0.4, -0.2) is 33.2 Å². The van der Waals surface area contributed by atoms with Crippen LogP contribution >= 0.6 is 11.3 Å². The zero-order valence-corrected chi connectivity index (χ0v) is 14.3. The van der Waals surface area contributed by atoms with Crippen molar-refractivity contribution in [1.29, 1.82) is 0 Å². The lowest BCUT2D eigenvalue weighted by Crippen LogP contribution is -2.40. The van der Waals surface area contributed by atoms with Gasteiger partial charge in [-0.2, -0.15) is 5.10 Å². The number of hydrogen-bond acceptors (Lipinski definition) is 5. The second-order valence-electron chi connectivity index (χ2n) is 5.99. The van der Waals surface area contributed by atoms with Crippen LogP contribution in [0.3, 0.4) is 0 Å². The van der Waals surface area contributed by atoms with Crippen LogP contribution in [0, 0.1) is 0 Å². The molecule has 1 aliphatic rings. The van der Waals surface area contributed by atoms with Gasteiger partial charge in [-0.3, -0.25) is 9.59 Å². The van der Waals surface area contributed by atoms with Gasteiger partial charge in [0.2, 0.25) is 0 Å². The third-order valence-corrected chi connectivity index (χ3v) is 5.29. The van der Waals surface area contributed by atoms with E-state index < -0.39 is 0 Å². The molecule has 3 aromatic heterocycles. The molecule has 0 aliphatic carbocycles. The molecular weight excluding hydrogens is 338 g/mol. The van der Waals surface area contributed by atoms with Crippen LogP contribution < -0.4 is 5.56 Å². The van der Waals surface area contributed by atoms with Crippen molar-refractivity contribution in [3.63, 3.8) is 0 Å². The monoisotopic (exact) mass is 355 g/mol. The molecule has 6 nitrogen and oxygen atoms in total. The summed E-state index contributed by atoms with van der Waals surface area (Å²) in [4.78, 5) is 27.6. The molecule has 4 heterocycles. The Bertz CT molecular complexity index is 915. The molecule has 128 valence electrons. The first-order valence-electron chi connectivity index (χ1n) is 8.19. The number of furan rings is 1. The summed E-state index contributed by atoms with van der Waals surface area (Å²) in [6.45, 7) is 1.06. The SMILES string of the molecule is O=C(c1ccco1)N1CCC[C@@H]1Cn1nc(-c2cccs2)ccc1=O. The first kappa shape index (κ1) is 15.8. The van der Waals surface area contributed by atoms with Crippen molar-refractivity contribution in [2.45, 2.75) is 25.4 Å². The highest BCUT2D eigenvalue weighted by molar-refractivity contribution is 7.13. The van der Waals surface area contributed by atoms with E-state index in [1.807, 2.05) is 17.5 Å². The number of nitrogens with zero attached hydrogens (tertiary/aromatic N) is 3. The van der Waals surface area contributed by atoms with E-state index >= 15 is 0 Å². The lowest BCUT2D eigenvalue weighted by Gasteiger charge is -2.24. The summed E-state index contributed by atoms with van der Waals surface area (Å²) in [5, 5.41) is 6.47. The molecule has 0 radical (unpaired) electrons. The van der Waals surface area contributed by atoms with E-state index in [0.717, 1.165) is 23.4 Å². The molecule has 1 saturated heterocycles. The number of amides is 1. The predicted molar refractivity (Wildman–Crippen MR) is 94.6 cm³/mol. The molecule has 1 fully saturated rings. The molecule has 0 spiro atoms. The van der Waals surface area contributed by atoms with Crippen molar-refractivity contribution in [3.05, 3.63) is 64.2 Å². The smallest absolute Gasteiger partial charge is 0.289 e. The Labute approximate surface area is 148 Å². The molecule has 1 aliphatic heterocycles. The lowest BCUT2D eigenvalue weighted by atomic mass is 10.2. The summed E-state index contributed by atoms with van der Waals surface area (Å²) in [5.41, 5.74) is 0.620. The van der Waals surface area contributed by atoms with E-state index in [-0.39, 0.29) is 17.5 Å². The maximum absolute atomic E-state index is 12.6. The van der Waals surface area contributed by atoms with E-state index in [0.29, 0.717) is 18.8 Å². The fraction of sp³-hybridized carbons (Fsp3) is 0.278. The fourth-order valence-corrected chi connectivity index (χ4v) is 3.86. The van der Waals surface area contributed by atoms with E-state index in [1.165, 1.54) is 17.0 Å². The highest BCUT2D eigenvalue weighted by Crippen LogP contribution is 2.23. The van der Waals surface area contributed by atoms with Gasteiger partial charge in [0.1, 0.15) is 5.69 Å². The number of hydrogen-bond donors (Lipinski definition) is 0. The highest BCUT2D eigenvalue weighted by Gasteiger charge is 2.31. The van der Waals surface area contributed by atoms with Gasteiger partial charge in [0.25, 0.3) is 11.5 Å². The zero-order chi connectivity index (χ0) is 17.2.